The molecule has 24 heavy (non-hydrogen) atoms. The van der Waals surface area contributed by atoms with E-state index in [1.807, 2.05) is 0 Å². The Hall–Kier alpha value is -1.73. The molecule has 0 amide bonds. The van der Waals surface area contributed by atoms with E-state index >= 15 is 0 Å². The molecule has 7 heteroatoms. The number of hydrogen-bond acceptors (Lipinski definition) is 5. The van der Waals surface area contributed by atoms with Crippen LogP contribution in [0.3, 0.4) is 0 Å². The number of morpholine rings is 1. The Labute approximate surface area is 141 Å². The summed E-state index contributed by atoms with van der Waals surface area (Å²) in [4.78, 5) is 23.1. The molecule has 1 aliphatic heterocycles. The lowest BCUT2D eigenvalue weighted by atomic mass is 10.1. The van der Waals surface area contributed by atoms with E-state index in [4.69, 9.17) is 4.74 Å². The molecule has 0 aromatic carbocycles. The van der Waals surface area contributed by atoms with E-state index in [0.717, 1.165) is 31.1 Å². The van der Waals surface area contributed by atoms with E-state index in [-0.39, 0.29) is 5.56 Å². The third kappa shape index (κ3) is 3.37. The SMILES string of the molecule is CCCC[C@@H]1CN(Cc2cc(=O)n3[nH]cnc3n2)C[C@H](C2CC2)O1. The van der Waals surface area contributed by atoms with E-state index in [0.29, 0.717) is 24.5 Å². The van der Waals surface area contributed by atoms with Crippen LogP contribution in [0.4, 0.5) is 0 Å². The van der Waals surface area contributed by atoms with Gasteiger partial charge in [-0.2, -0.15) is 4.52 Å². The van der Waals surface area contributed by atoms with Gasteiger partial charge in [0.2, 0.25) is 0 Å². The second-order valence-corrected chi connectivity index (χ2v) is 7.08. The third-order valence-electron chi connectivity index (χ3n) is 5.00. The maximum absolute atomic E-state index is 12.1. The van der Waals surface area contributed by atoms with Crippen LogP contribution in [0.25, 0.3) is 5.78 Å². The van der Waals surface area contributed by atoms with E-state index in [2.05, 4.69) is 26.9 Å². The number of hydrogen-bond donors (Lipinski definition) is 1. The molecule has 130 valence electrons. The molecule has 7 nitrogen and oxygen atoms in total. The number of aromatic amines is 1. The van der Waals surface area contributed by atoms with Gasteiger partial charge in [0, 0.05) is 25.7 Å². The van der Waals surface area contributed by atoms with Crippen LogP contribution in [0, 0.1) is 5.92 Å². The summed E-state index contributed by atoms with van der Waals surface area (Å²) in [5, 5.41) is 2.78. The van der Waals surface area contributed by atoms with Crippen LogP contribution in [0.15, 0.2) is 17.2 Å². The fraction of sp³-hybridized carbons (Fsp3) is 0.706. The maximum Gasteiger partial charge on any atom is 0.274 e. The summed E-state index contributed by atoms with van der Waals surface area (Å²) >= 11 is 0. The van der Waals surface area contributed by atoms with Crippen LogP contribution < -0.4 is 5.56 Å². The van der Waals surface area contributed by atoms with Crippen LogP contribution in [0.1, 0.15) is 44.7 Å². The van der Waals surface area contributed by atoms with E-state index < -0.39 is 0 Å². The molecule has 0 bridgehead atoms. The molecular formula is C17H25N5O2. The van der Waals surface area contributed by atoms with Gasteiger partial charge in [0.15, 0.2) is 0 Å². The lowest BCUT2D eigenvalue weighted by Gasteiger charge is -2.38. The Kier molecular flexibility index (Phi) is 4.37. The Morgan fingerprint density at radius 2 is 2.25 bits per heavy atom. The van der Waals surface area contributed by atoms with Gasteiger partial charge in [0.25, 0.3) is 11.3 Å². The van der Waals surface area contributed by atoms with Gasteiger partial charge in [0.1, 0.15) is 6.33 Å². The highest BCUT2D eigenvalue weighted by Crippen LogP contribution is 2.37. The second-order valence-electron chi connectivity index (χ2n) is 7.08. The summed E-state index contributed by atoms with van der Waals surface area (Å²) in [7, 11) is 0. The molecule has 1 aliphatic carbocycles. The van der Waals surface area contributed by atoms with Crippen molar-refractivity contribution in [1.29, 1.82) is 0 Å². The topological polar surface area (TPSA) is 75.5 Å². The average molecular weight is 331 g/mol. The van der Waals surface area contributed by atoms with Crippen molar-refractivity contribution in [3.05, 3.63) is 28.4 Å². The van der Waals surface area contributed by atoms with Crippen molar-refractivity contribution in [1.82, 2.24) is 24.5 Å². The molecule has 4 rings (SSSR count). The Morgan fingerprint density at radius 3 is 3.04 bits per heavy atom. The zero-order valence-electron chi connectivity index (χ0n) is 14.1. The summed E-state index contributed by atoms with van der Waals surface area (Å²) in [5.41, 5.74) is 0.680. The van der Waals surface area contributed by atoms with Crippen LogP contribution in [0.2, 0.25) is 0 Å². The van der Waals surface area contributed by atoms with Crippen molar-refractivity contribution in [2.75, 3.05) is 13.1 Å². The molecule has 1 N–H and O–H groups in total. The molecule has 1 saturated heterocycles. The van der Waals surface area contributed by atoms with Crippen molar-refractivity contribution in [2.24, 2.45) is 5.92 Å². The molecule has 0 unspecified atom stereocenters. The summed E-state index contributed by atoms with van der Waals surface area (Å²) < 4.78 is 7.68. The van der Waals surface area contributed by atoms with E-state index in [1.165, 1.54) is 36.5 Å². The smallest absolute Gasteiger partial charge is 0.274 e. The number of nitrogens with zero attached hydrogens (tertiary/aromatic N) is 4. The molecular weight excluding hydrogens is 306 g/mol. The summed E-state index contributed by atoms with van der Waals surface area (Å²) in [6.07, 6.45) is 8.24. The number of fused-ring (bicyclic) bond motifs is 1. The minimum Gasteiger partial charge on any atom is -0.372 e. The first-order valence-corrected chi connectivity index (χ1v) is 9.03. The average Bonchev–Trinajstić information content (AvgIpc) is 3.31. The van der Waals surface area contributed by atoms with Crippen LogP contribution in [-0.2, 0) is 11.3 Å². The summed E-state index contributed by atoms with van der Waals surface area (Å²) in [6, 6.07) is 1.60. The highest BCUT2D eigenvalue weighted by molar-refractivity contribution is 5.26. The van der Waals surface area contributed by atoms with Crippen molar-refractivity contribution >= 4 is 5.78 Å². The largest absolute Gasteiger partial charge is 0.372 e. The quantitative estimate of drug-likeness (QED) is 0.870. The van der Waals surface area contributed by atoms with Gasteiger partial charge in [-0.05, 0) is 25.2 Å². The monoisotopic (exact) mass is 331 g/mol. The Morgan fingerprint density at radius 1 is 1.38 bits per heavy atom. The Bertz CT molecular complexity index is 751. The standard InChI is InChI=1S/C17H25N5O2/c1-2-3-4-14-9-21(10-15(24-14)12-5-6-12)8-13-7-16(23)22-17(20-13)18-11-19-22/h7,11-12,14-15H,2-6,8-10H2,1H3,(H,18,19,20)/t14-,15-/m1/s1. The molecule has 0 spiro atoms. The molecule has 2 aromatic heterocycles. The van der Waals surface area contributed by atoms with Gasteiger partial charge in [-0.25, -0.2) is 9.97 Å². The molecule has 2 aliphatic rings. The van der Waals surface area contributed by atoms with Gasteiger partial charge in [0.05, 0.1) is 17.9 Å². The summed E-state index contributed by atoms with van der Waals surface area (Å²) in [5.74, 6) is 1.16. The number of rotatable bonds is 6. The van der Waals surface area contributed by atoms with Crippen molar-refractivity contribution < 1.29 is 4.74 Å². The minimum atomic E-state index is -0.109. The first kappa shape index (κ1) is 15.8. The minimum absolute atomic E-state index is 0.109. The van der Waals surface area contributed by atoms with Gasteiger partial charge < -0.3 is 4.74 Å². The van der Waals surface area contributed by atoms with Gasteiger partial charge in [-0.1, -0.05) is 19.8 Å². The van der Waals surface area contributed by atoms with Crippen LogP contribution >= 0.6 is 0 Å². The predicted molar refractivity (Wildman–Crippen MR) is 89.8 cm³/mol. The molecule has 2 fully saturated rings. The van der Waals surface area contributed by atoms with Crippen molar-refractivity contribution in [3.63, 3.8) is 0 Å². The fourth-order valence-corrected chi connectivity index (χ4v) is 3.58. The lowest BCUT2D eigenvalue weighted by Crippen LogP contribution is -2.48. The molecule has 0 radical (unpaired) electrons. The lowest BCUT2D eigenvalue weighted by molar-refractivity contribution is -0.0995. The zero-order valence-corrected chi connectivity index (χ0v) is 14.1. The number of aromatic nitrogens is 4. The van der Waals surface area contributed by atoms with Gasteiger partial charge in [-0.15, -0.1) is 0 Å². The molecule has 3 heterocycles. The van der Waals surface area contributed by atoms with Crippen LogP contribution in [-0.4, -0.2) is 49.8 Å². The second kappa shape index (κ2) is 6.64. The van der Waals surface area contributed by atoms with Crippen molar-refractivity contribution in [2.45, 2.75) is 57.8 Å². The van der Waals surface area contributed by atoms with E-state index in [1.54, 1.807) is 6.07 Å². The number of ether oxygens (including phenoxy) is 1. The zero-order chi connectivity index (χ0) is 16.5. The highest BCUT2D eigenvalue weighted by Gasteiger charge is 2.38. The fourth-order valence-electron chi connectivity index (χ4n) is 3.58. The predicted octanol–water partition coefficient (Wildman–Crippen LogP) is 1.59. The number of nitrogens with one attached hydrogen (secondary N) is 1. The number of H-pyrrole nitrogens is 1. The number of unbranched alkanes of at least 4 members (excludes halogenated alkanes) is 1. The van der Waals surface area contributed by atoms with Crippen LogP contribution in [0.5, 0.6) is 0 Å². The normalized spacial score (nSPS) is 25.4. The molecule has 1 saturated carbocycles. The maximum atomic E-state index is 12.1. The van der Waals surface area contributed by atoms with E-state index in [9.17, 15) is 4.79 Å². The Balaban J connectivity index is 1.49. The molecule has 2 atom stereocenters. The molecule has 2 aromatic rings. The van der Waals surface area contributed by atoms with Gasteiger partial charge >= 0.3 is 0 Å². The summed E-state index contributed by atoms with van der Waals surface area (Å²) in [6.45, 7) is 4.77. The first-order chi connectivity index (χ1) is 11.7. The van der Waals surface area contributed by atoms with Gasteiger partial charge in [-0.3, -0.25) is 14.8 Å². The third-order valence-corrected chi connectivity index (χ3v) is 5.00. The highest BCUT2D eigenvalue weighted by atomic mass is 16.5. The first-order valence-electron chi connectivity index (χ1n) is 9.03. The van der Waals surface area contributed by atoms with Crippen molar-refractivity contribution in [3.8, 4) is 0 Å².